The minimum absolute atomic E-state index is 0.0697. The number of carbonyl (C=O) groups is 1. The molecule has 1 aliphatic heterocycles. The van der Waals surface area contributed by atoms with Crippen LogP contribution in [-0.4, -0.2) is 58.0 Å². The Hall–Kier alpha value is -1.41. The zero-order chi connectivity index (χ0) is 17.3. The lowest BCUT2D eigenvalue weighted by atomic mass is 10.1. The zero-order valence-corrected chi connectivity index (χ0v) is 14.9. The van der Waals surface area contributed by atoms with Crippen LogP contribution < -0.4 is 0 Å². The second kappa shape index (κ2) is 6.60. The van der Waals surface area contributed by atoms with Crippen molar-refractivity contribution in [3.63, 3.8) is 0 Å². The predicted octanol–water partition coefficient (Wildman–Crippen LogP) is 0.668. The molecule has 1 aliphatic rings. The van der Waals surface area contributed by atoms with E-state index in [2.05, 4.69) is 0 Å². The maximum absolute atomic E-state index is 12.0. The first-order valence-corrected chi connectivity index (χ1v) is 11.0. The number of amides is 1. The monoisotopic (exact) mass is 359 g/mol. The summed E-state index contributed by atoms with van der Waals surface area (Å²) < 4.78 is 46.1. The Balaban J connectivity index is 1.84. The van der Waals surface area contributed by atoms with Gasteiger partial charge in [0.2, 0.25) is 5.91 Å². The third kappa shape index (κ3) is 4.32. The van der Waals surface area contributed by atoms with Crippen LogP contribution in [0.4, 0.5) is 0 Å². The van der Waals surface area contributed by atoms with Crippen LogP contribution in [0, 0.1) is 0 Å². The average Bonchev–Trinajstić information content (AvgIpc) is 2.42. The number of sulfone groups is 2. The van der Waals surface area contributed by atoms with Crippen molar-refractivity contribution in [3.8, 4) is 0 Å². The Morgan fingerprint density at radius 2 is 1.70 bits per heavy atom. The normalized spacial score (nSPS) is 16.2. The summed E-state index contributed by atoms with van der Waals surface area (Å²) in [5, 5.41) is -0.425. The van der Waals surface area contributed by atoms with Gasteiger partial charge in [-0.15, -0.1) is 0 Å². The number of nitrogens with zero attached hydrogens (tertiary/aromatic N) is 1. The van der Waals surface area contributed by atoms with Gasteiger partial charge in [0.25, 0.3) is 0 Å². The summed E-state index contributed by atoms with van der Waals surface area (Å²) in [4.78, 5) is 13.8. The van der Waals surface area contributed by atoms with Gasteiger partial charge in [-0.1, -0.05) is 19.1 Å². The minimum atomic E-state index is -3.21. The van der Waals surface area contributed by atoms with Gasteiger partial charge in [0.05, 0.1) is 10.1 Å². The molecule has 23 heavy (non-hydrogen) atoms. The summed E-state index contributed by atoms with van der Waals surface area (Å²) in [5.74, 6) is 0.0339. The Morgan fingerprint density at radius 1 is 1.13 bits per heavy atom. The van der Waals surface area contributed by atoms with Crippen LogP contribution in [0.15, 0.2) is 29.2 Å². The van der Waals surface area contributed by atoms with Crippen molar-refractivity contribution in [3.05, 3.63) is 29.8 Å². The predicted molar refractivity (Wildman–Crippen MR) is 87.7 cm³/mol. The Bertz CT molecular complexity index is 776. The Kier molecular flexibility index (Phi) is 5.15. The van der Waals surface area contributed by atoms with E-state index in [1.807, 2.05) is 0 Å². The number of hydrogen-bond acceptors (Lipinski definition) is 5. The van der Waals surface area contributed by atoms with Crippen molar-refractivity contribution in [1.82, 2.24) is 4.90 Å². The molecule has 1 amide bonds. The largest absolute Gasteiger partial charge is 0.340 e. The molecule has 128 valence electrons. The molecule has 0 atom stereocenters. The van der Waals surface area contributed by atoms with E-state index in [1.165, 1.54) is 12.1 Å². The molecule has 8 heteroatoms. The molecule has 0 unspecified atom stereocenters. The molecule has 1 aromatic rings. The van der Waals surface area contributed by atoms with Crippen LogP contribution in [0.2, 0.25) is 0 Å². The maximum Gasteiger partial charge on any atom is 0.222 e. The first kappa shape index (κ1) is 17.9. The highest BCUT2D eigenvalue weighted by atomic mass is 32.2. The minimum Gasteiger partial charge on any atom is -0.340 e. The quantitative estimate of drug-likeness (QED) is 0.745. The molecular formula is C15H21NO5S2. The number of likely N-dealkylation sites (tertiary alicyclic amines) is 1. The van der Waals surface area contributed by atoms with Crippen LogP contribution >= 0.6 is 0 Å². The van der Waals surface area contributed by atoms with Crippen molar-refractivity contribution in [1.29, 1.82) is 0 Å². The van der Waals surface area contributed by atoms with Crippen molar-refractivity contribution in [2.75, 3.05) is 25.1 Å². The molecule has 1 aromatic carbocycles. The van der Waals surface area contributed by atoms with Gasteiger partial charge in [0, 0.05) is 31.5 Å². The van der Waals surface area contributed by atoms with Crippen LogP contribution in [0.1, 0.15) is 18.9 Å². The van der Waals surface area contributed by atoms with E-state index >= 15 is 0 Å². The van der Waals surface area contributed by atoms with Gasteiger partial charge >= 0.3 is 0 Å². The van der Waals surface area contributed by atoms with Crippen LogP contribution in [0.25, 0.3) is 0 Å². The van der Waals surface area contributed by atoms with Gasteiger partial charge in [-0.25, -0.2) is 16.8 Å². The van der Waals surface area contributed by atoms with Crippen molar-refractivity contribution in [2.24, 2.45) is 0 Å². The van der Waals surface area contributed by atoms with E-state index in [0.29, 0.717) is 6.42 Å². The van der Waals surface area contributed by atoms with Crippen molar-refractivity contribution >= 4 is 25.6 Å². The molecule has 0 radical (unpaired) electrons. The molecule has 0 aliphatic carbocycles. The maximum atomic E-state index is 12.0. The van der Waals surface area contributed by atoms with Gasteiger partial charge in [-0.2, -0.15) is 0 Å². The molecule has 0 aromatic heterocycles. The standard InChI is InChI=1S/C15H21NO5S2/c1-3-23(20,21)14-10-16(11-14)15(17)9-6-12-4-7-13(8-5-12)22(2,18)19/h4-5,7-8,14H,3,6,9-11H2,1-2H3. The summed E-state index contributed by atoms with van der Waals surface area (Å²) >= 11 is 0. The molecule has 2 rings (SSSR count). The number of rotatable bonds is 6. The summed E-state index contributed by atoms with van der Waals surface area (Å²) in [7, 11) is -6.28. The van der Waals surface area contributed by atoms with E-state index in [0.717, 1.165) is 11.8 Å². The van der Waals surface area contributed by atoms with E-state index in [1.54, 1.807) is 24.0 Å². The Morgan fingerprint density at radius 3 is 2.17 bits per heavy atom. The fraction of sp³-hybridized carbons (Fsp3) is 0.533. The SMILES string of the molecule is CCS(=O)(=O)C1CN(C(=O)CCc2ccc(S(C)(=O)=O)cc2)C1. The second-order valence-electron chi connectivity index (χ2n) is 5.79. The summed E-state index contributed by atoms with van der Waals surface area (Å²) in [6.45, 7) is 2.17. The van der Waals surface area contributed by atoms with Crippen LogP contribution in [0.5, 0.6) is 0 Å². The van der Waals surface area contributed by atoms with Crippen molar-refractivity contribution < 1.29 is 21.6 Å². The average molecular weight is 359 g/mol. The summed E-state index contributed by atoms with van der Waals surface area (Å²) in [5.41, 5.74) is 0.879. The molecule has 1 fully saturated rings. The molecule has 6 nitrogen and oxygen atoms in total. The highest BCUT2D eigenvalue weighted by Gasteiger charge is 2.38. The molecule has 0 saturated carbocycles. The first-order chi connectivity index (χ1) is 10.6. The number of aryl methyl sites for hydroxylation is 1. The van der Waals surface area contributed by atoms with E-state index < -0.39 is 24.9 Å². The van der Waals surface area contributed by atoms with Crippen LogP contribution in [0.3, 0.4) is 0 Å². The lowest BCUT2D eigenvalue weighted by Gasteiger charge is -2.38. The fourth-order valence-corrected chi connectivity index (χ4v) is 4.33. The van der Waals surface area contributed by atoms with E-state index in [9.17, 15) is 21.6 Å². The molecule has 0 N–H and O–H groups in total. The molecule has 1 heterocycles. The van der Waals surface area contributed by atoms with Gasteiger partial charge in [0.15, 0.2) is 19.7 Å². The smallest absolute Gasteiger partial charge is 0.222 e. The third-order valence-electron chi connectivity index (χ3n) is 4.09. The van der Waals surface area contributed by atoms with Gasteiger partial charge < -0.3 is 4.90 Å². The van der Waals surface area contributed by atoms with Gasteiger partial charge in [0.1, 0.15) is 0 Å². The number of hydrogen-bond donors (Lipinski definition) is 0. The lowest BCUT2D eigenvalue weighted by Crippen LogP contribution is -2.57. The third-order valence-corrected chi connectivity index (χ3v) is 7.34. The second-order valence-corrected chi connectivity index (χ2v) is 10.4. The van der Waals surface area contributed by atoms with Gasteiger partial charge in [-0.3, -0.25) is 4.79 Å². The molecular weight excluding hydrogens is 338 g/mol. The zero-order valence-electron chi connectivity index (χ0n) is 13.2. The number of benzene rings is 1. The summed E-state index contributed by atoms with van der Waals surface area (Å²) in [6.07, 6.45) is 1.94. The lowest BCUT2D eigenvalue weighted by molar-refractivity contribution is -0.134. The van der Waals surface area contributed by atoms with E-state index in [-0.39, 0.29) is 36.1 Å². The first-order valence-electron chi connectivity index (χ1n) is 7.42. The highest BCUT2D eigenvalue weighted by Crippen LogP contribution is 2.19. The molecule has 0 spiro atoms. The van der Waals surface area contributed by atoms with E-state index in [4.69, 9.17) is 0 Å². The van der Waals surface area contributed by atoms with Crippen molar-refractivity contribution in [2.45, 2.75) is 29.9 Å². The summed E-state index contributed by atoms with van der Waals surface area (Å²) in [6, 6.07) is 6.46. The topological polar surface area (TPSA) is 88.6 Å². The number of carbonyl (C=O) groups excluding carboxylic acids is 1. The molecule has 1 saturated heterocycles. The van der Waals surface area contributed by atoms with Crippen LogP contribution in [-0.2, 0) is 30.9 Å². The molecule has 0 bridgehead atoms. The fourth-order valence-electron chi connectivity index (χ4n) is 2.42. The Labute approximate surface area is 137 Å². The highest BCUT2D eigenvalue weighted by molar-refractivity contribution is 7.92. The van der Waals surface area contributed by atoms with Gasteiger partial charge in [-0.05, 0) is 24.1 Å².